The van der Waals surface area contributed by atoms with Gasteiger partial charge < -0.3 is 5.11 Å². The Balaban J connectivity index is 2.73. The van der Waals surface area contributed by atoms with Crippen molar-refractivity contribution in [3.8, 4) is 0 Å². The summed E-state index contributed by atoms with van der Waals surface area (Å²) in [7, 11) is 0. The molecule has 0 radical (unpaired) electrons. The zero-order valence-corrected chi connectivity index (χ0v) is 10.4. The number of para-hydroxylation sites is 1. The van der Waals surface area contributed by atoms with E-state index in [0.29, 0.717) is 9.99 Å². The first-order valence-corrected chi connectivity index (χ1v) is 6.33. The second-order valence-electron chi connectivity index (χ2n) is 3.31. The number of unbranched alkanes of at least 4 members (excludes halogenated alkanes) is 1. The highest BCUT2D eigenvalue weighted by Crippen LogP contribution is 2.16. The van der Waals surface area contributed by atoms with Crippen LogP contribution in [-0.4, -0.2) is 22.0 Å². The number of rotatable bonds is 6. The molecular weight excluding hydrogens is 242 g/mol. The molecule has 5 nitrogen and oxygen atoms in total. The summed E-state index contributed by atoms with van der Waals surface area (Å²) in [6, 6.07) is 8.23. The number of hydrogen-bond donors (Lipinski definition) is 1. The van der Waals surface area contributed by atoms with Crippen molar-refractivity contribution in [2.24, 2.45) is 0 Å². The van der Waals surface area contributed by atoms with Gasteiger partial charge in [-0.15, -0.1) is 0 Å². The monoisotopic (exact) mass is 257 g/mol. The fourth-order valence-corrected chi connectivity index (χ4v) is 1.94. The summed E-state index contributed by atoms with van der Waals surface area (Å²) in [6.45, 7) is 2.25. The molecule has 94 valence electrons. The molecule has 1 unspecified atom stereocenters. The Bertz CT molecular complexity index is 382. The average Bonchev–Trinajstić information content (AvgIpc) is 2.30. The lowest BCUT2D eigenvalue weighted by Gasteiger charge is -2.16. The maximum Gasteiger partial charge on any atom is 0.425 e. The van der Waals surface area contributed by atoms with Crippen LogP contribution in [-0.2, 0) is 15.4 Å². The van der Waals surface area contributed by atoms with Gasteiger partial charge in [0, 0.05) is 0 Å². The minimum atomic E-state index is -2.01. The van der Waals surface area contributed by atoms with Crippen molar-refractivity contribution in [2.75, 3.05) is 10.9 Å². The van der Waals surface area contributed by atoms with Crippen LogP contribution in [0.4, 0.5) is 10.5 Å². The van der Waals surface area contributed by atoms with Crippen LogP contribution in [0.5, 0.6) is 0 Å². The number of benzene rings is 1. The number of anilines is 1. The number of hydrogen-bond acceptors (Lipinski definition) is 3. The molecule has 0 aliphatic rings. The van der Waals surface area contributed by atoms with E-state index in [1.54, 1.807) is 30.3 Å². The van der Waals surface area contributed by atoms with Crippen LogP contribution in [0.15, 0.2) is 30.3 Å². The topological polar surface area (TPSA) is 66.8 Å². The van der Waals surface area contributed by atoms with Gasteiger partial charge in [0.05, 0.1) is 12.3 Å². The zero-order chi connectivity index (χ0) is 12.7. The second-order valence-corrected chi connectivity index (χ2v) is 4.34. The first-order chi connectivity index (χ1) is 8.16. The van der Waals surface area contributed by atoms with E-state index in [1.165, 1.54) is 0 Å². The van der Waals surface area contributed by atoms with Gasteiger partial charge in [0.1, 0.15) is 0 Å². The Morgan fingerprint density at radius 3 is 2.59 bits per heavy atom. The Hall–Kier alpha value is -1.40. The molecule has 17 heavy (non-hydrogen) atoms. The minimum absolute atomic E-state index is 0.278. The largest absolute Gasteiger partial charge is 0.464 e. The standard InChI is InChI=1S/C11H15NO4S/c1-2-3-9-16-17(15)12(11(13)14)10-7-5-4-6-8-10/h4-8H,2-3,9H2,1H3,(H,13,14). The van der Waals surface area contributed by atoms with Crippen molar-refractivity contribution in [1.82, 2.24) is 0 Å². The molecule has 1 aromatic rings. The van der Waals surface area contributed by atoms with E-state index < -0.39 is 17.4 Å². The van der Waals surface area contributed by atoms with Crippen LogP contribution in [0.1, 0.15) is 19.8 Å². The van der Waals surface area contributed by atoms with Gasteiger partial charge in [0.25, 0.3) is 11.3 Å². The van der Waals surface area contributed by atoms with Crippen LogP contribution in [0.2, 0.25) is 0 Å². The van der Waals surface area contributed by atoms with Gasteiger partial charge in [-0.3, -0.25) is 4.18 Å². The normalized spacial score (nSPS) is 12.1. The lowest BCUT2D eigenvalue weighted by Crippen LogP contribution is -2.32. The van der Waals surface area contributed by atoms with Crippen molar-refractivity contribution >= 4 is 23.0 Å². The van der Waals surface area contributed by atoms with E-state index in [2.05, 4.69) is 0 Å². The summed E-state index contributed by atoms with van der Waals surface area (Å²) in [6.07, 6.45) is 0.342. The lowest BCUT2D eigenvalue weighted by molar-refractivity contribution is 0.205. The highest BCUT2D eigenvalue weighted by atomic mass is 32.2. The highest BCUT2D eigenvalue weighted by molar-refractivity contribution is 7.82. The van der Waals surface area contributed by atoms with Gasteiger partial charge in [-0.25, -0.2) is 9.00 Å². The Labute approximate surface area is 103 Å². The summed E-state index contributed by atoms with van der Waals surface area (Å²) in [4.78, 5) is 11.0. The Morgan fingerprint density at radius 2 is 2.06 bits per heavy atom. The van der Waals surface area contributed by atoms with Crippen molar-refractivity contribution in [2.45, 2.75) is 19.8 Å². The van der Waals surface area contributed by atoms with Gasteiger partial charge in [0.15, 0.2) is 0 Å². The van der Waals surface area contributed by atoms with Crippen LogP contribution < -0.4 is 4.31 Å². The summed E-state index contributed by atoms with van der Waals surface area (Å²) in [5.41, 5.74) is 0.329. The molecule has 0 aromatic heterocycles. The zero-order valence-electron chi connectivity index (χ0n) is 9.54. The number of carboxylic acid groups (broad SMARTS) is 1. The predicted molar refractivity (Wildman–Crippen MR) is 65.9 cm³/mol. The predicted octanol–water partition coefficient (Wildman–Crippen LogP) is 2.57. The van der Waals surface area contributed by atoms with E-state index >= 15 is 0 Å². The number of nitrogens with zero attached hydrogens (tertiary/aromatic N) is 1. The molecule has 0 saturated carbocycles. The molecule has 0 aliphatic heterocycles. The molecule has 0 fully saturated rings. The summed E-state index contributed by atoms with van der Waals surface area (Å²) in [5, 5.41) is 9.01. The molecule has 1 N–H and O–H groups in total. The van der Waals surface area contributed by atoms with Gasteiger partial charge in [-0.05, 0) is 18.6 Å². The number of amides is 1. The third-order valence-corrected chi connectivity index (χ3v) is 3.03. The molecule has 0 bridgehead atoms. The van der Waals surface area contributed by atoms with Gasteiger partial charge in [-0.2, -0.15) is 4.31 Å². The maximum absolute atomic E-state index is 11.7. The Morgan fingerprint density at radius 1 is 1.41 bits per heavy atom. The minimum Gasteiger partial charge on any atom is -0.464 e. The SMILES string of the molecule is CCCCOS(=O)N(C(=O)O)c1ccccc1. The smallest absolute Gasteiger partial charge is 0.425 e. The van der Waals surface area contributed by atoms with E-state index in [-0.39, 0.29) is 6.61 Å². The van der Waals surface area contributed by atoms with Crippen LogP contribution in [0, 0.1) is 0 Å². The Kier molecular flexibility index (Phi) is 5.65. The highest BCUT2D eigenvalue weighted by Gasteiger charge is 2.22. The molecule has 1 rings (SSSR count). The number of carbonyl (C=O) groups is 1. The van der Waals surface area contributed by atoms with E-state index in [0.717, 1.165) is 12.8 Å². The lowest BCUT2D eigenvalue weighted by atomic mass is 10.3. The summed E-state index contributed by atoms with van der Waals surface area (Å²) >= 11 is -2.01. The van der Waals surface area contributed by atoms with E-state index in [1.807, 2.05) is 6.92 Å². The second kappa shape index (κ2) is 7.03. The van der Waals surface area contributed by atoms with Gasteiger partial charge in [-0.1, -0.05) is 31.5 Å². The molecule has 1 atom stereocenters. The fourth-order valence-electron chi connectivity index (χ4n) is 1.15. The van der Waals surface area contributed by atoms with Crippen molar-refractivity contribution < 1.29 is 18.3 Å². The van der Waals surface area contributed by atoms with Crippen molar-refractivity contribution in [3.63, 3.8) is 0 Å². The quantitative estimate of drug-likeness (QED) is 0.795. The molecule has 0 spiro atoms. The van der Waals surface area contributed by atoms with Crippen LogP contribution in [0.3, 0.4) is 0 Å². The van der Waals surface area contributed by atoms with Crippen LogP contribution in [0.25, 0.3) is 0 Å². The van der Waals surface area contributed by atoms with Crippen LogP contribution >= 0.6 is 0 Å². The molecule has 1 amide bonds. The average molecular weight is 257 g/mol. The summed E-state index contributed by atoms with van der Waals surface area (Å²) in [5.74, 6) is 0. The molecule has 0 aliphatic carbocycles. The van der Waals surface area contributed by atoms with Crippen molar-refractivity contribution in [3.05, 3.63) is 30.3 Å². The third kappa shape index (κ3) is 4.16. The molecule has 6 heteroatoms. The summed E-state index contributed by atoms with van der Waals surface area (Å²) < 4.78 is 17.4. The van der Waals surface area contributed by atoms with E-state index in [9.17, 15) is 9.00 Å². The van der Waals surface area contributed by atoms with Crippen molar-refractivity contribution in [1.29, 1.82) is 0 Å². The molecule has 0 heterocycles. The van der Waals surface area contributed by atoms with E-state index in [4.69, 9.17) is 9.29 Å². The van der Waals surface area contributed by atoms with Gasteiger partial charge in [0.2, 0.25) is 0 Å². The van der Waals surface area contributed by atoms with Gasteiger partial charge >= 0.3 is 6.09 Å². The maximum atomic E-state index is 11.7. The molecule has 1 aromatic carbocycles. The molecule has 0 saturated heterocycles. The third-order valence-electron chi connectivity index (χ3n) is 2.00. The fraction of sp³-hybridized carbons (Fsp3) is 0.364. The first-order valence-electron chi connectivity index (χ1n) is 5.30. The molecular formula is C11H15NO4S. The first kappa shape index (κ1) is 13.7.